The normalized spacial score (nSPS) is 29.1. The van der Waals surface area contributed by atoms with Gasteiger partial charge in [-0.2, -0.15) is 10.1 Å². The van der Waals surface area contributed by atoms with E-state index in [4.69, 9.17) is 27.9 Å². The van der Waals surface area contributed by atoms with Crippen molar-refractivity contribution in [3.63, 3.8) is 0 Å². The fourth-order valence-electron chi connectivity index (χ4n) is 4.02. The molecule has 6 nitrogen and oxygen atoms in total. The molecule has 1 aromatic rings. The lowest BCUT2D eigenvalue weighted by molar-refractivity contribution is -0.140. The van der Waals surface area contributed by atoms with E-state index in [0.717, 1.165) is 11.4 Å². The summed E-state index contributed by atoms with van der Waals surface area (Å²) in [5.74, 6) is -1.34. The van der Waals surface area contributed by atoms with Crippen LogP contribution in [0, 0.1) is 23.7 Å². The average Bonchev–Trinajstić information content (AvgIpc) is 3.24. The lowest BCUT2D eigenvalue weighted by Crippen LogP contribution is -2.28. The number of benzene rings is 1. The van der Waals surface area contributed by atoms with E-state index in [9.17, 15) is 14.4 Å². The molecule has 4 rings (SSSR count). The molecule has 2 aliphatic carbocycles. The van der Waals surface area contributed by atoms with Gasteiger partial charge in [-0.1, -0.05) is 35.4 Å². The average molecular weight is 393 g/mol. The molecule has 0 aromatic heterocycles. The van der Waals surface area contributed by atoms with E-state index in [1.165, 1.54) is 25.3 Å². The van der Waals surface area contributed by atoms with E-state index in [1.807, 2.05) is 12.2 Å². The first-order chi connectivity index (χ1) is 12.4. The van der Waals surface area contributed by atoms with Crippen LogP contribution >= 0.6 is 23.2 Å². The Hall–Kier alpha value is -2.18. The Bertz CT molecular complexity index is 842. The molecule has 2 amide bonds. The van der Waals surface area contributed by atoms with Crippen LogP contribution < -0.4 is 4.74 Å². The highest BCUT2D eigenvalue weighted by Gasteiger charge is 2.59. The Morgan fingerprint density at radius 1 is 1.15 bits per heavy atom. The van der Waals surface area contributed by atoms with Gasteiger partial charge in [0.2, 0.25) is 0 Å². The number of fused-ring (bicyclic) bond motifs is 5. The molecular weight excluding hydrogens is 379 g/mol. The molecule has 3 aliphatic rings. The maximum Gasteiger partial charge on any atom is 0.308 e. The van der Waals surface area contributed by atoms with Crippen molar-refractivity contribution >= 4 is 47.2 Å². The Balaban J connectivity index is 1.57. The van der Waals surface area contributed by atoms with Crippen molar-refractivity contribution in [3.05, 3.63) is 39.9 Å². The van der Waals surface area contributed by atoms with Gasteiger partial charge in [0.05, 0.1) is 28.1 Å². The number of hydrazone groups is 1. The van der Waals surface area contributed by atoms with Crippen LogP contribution in [0.25, 0.3) is 0 Å². The van der Waals surface area contributed by atoms with Gasteiger partial charge in [0.1, 0.15) is 0 Å². The SMILES string of the molecule is CC(=O)Oc1c(Cl)cc(C=NN2C(=O)C3C4C=CC(C4)C3C2=O)cc1Cl. The smallest absolute Gasteiger partial charge is 0.308 e. The minimum atomic E-state index is -0.543. The maximum absolute atomic E-state index is 12.6. The zero-order valence-electron chi connectivity index (χ0n) is 13.7. The Morgan fingerprint density at radius 3 is 2.19 bits per heavy atom. The van der Waals surface area contributed by atoms with Crippen molar-refractivity contribution in [1.82, 2.24) is 5.01 Å². The number of nitrogens with zero attached hydrogens (tertiary/aromatic N) is 2. The topological polar surface area (TPSA) is 76.0 Å². The highest BCUT2D eigenvalue weighted by atomic mass is 35.5. The van der Waals surface area contributed by atoms with Crippen LogP contribution in [0.4, 0.5) is 0 Å². The second kappa shape index (κ2) is 6.21. The Labute approximate surface area is 159 Å². The molecule has 134 valence electrons. The Morgan fingerprint density at radius 2 is 1.69 bits per heavy atom. The van der Waals surface area contributed by atoms with E-state index >= 15 is 0 Å². The lowest BCUT2D eigenvalue weighted by atomic mass is 9.85. The van der Waals surface area contributed by atoms with E-state index in [-0.39, 0.29) is 51.3 Å². The van der Waals surface area contributed by atoms with E-state index in [2.05, 4.69) is 5.10 Å². The number of amides is 2. The third-order valence-electron chi connectivity index (χ3n) is 5.04. The summed E-state index contributed by atoms with van der Waals surface area (Å²) in [5, 5.41) is 5.28. The molecule has 8 heteroatoms. The fraction of sp³-hybridized carbons (Fsp3) is 0.333. The molecule has 4 atom stereocenters. The van der Waals surface area contributed by atoms with Gasteiger partial charge in [-0.3, -0.25) is 14.4 Å². The van der Waals surface area contributed by atoms with E-state index in [1.54, 1.807) is 0 Å². The number of carbonyl (C=O) groups excluding carboxylic acids is 3. The number of ether oxygens (including phenoxy) is 1. The number of esters is 1. The maximum atomic E-state index is 12.6. The standard InChI is InChI=1S/C18H14Cl2N2O4/c1-8(23)26-16-12(19)4-9(5-13(16)20)7-21-22-17(24)14-10-2-3-11(6-10)15(14)18(22)25/h2-5,7,10-11,14-15H,6H2,1H3. The number of hydrogen-bond acceptors (Lipinski definition) is 5. The third-order valence-corrected chi connectivity index (χ3v) is 5.60. The summed E-state index contributed by atoms with van der Waals surface area (Å²) >= 11 is 12.2. The fourth-order valence-corrected chi connectivity index (χ4v) is 4.60. The van der Waals surface area contributed by atoms with Gasteiger partial charge in [-0.05, 0) is 36.0 Å². The van der Waals surface area contributed by atoms with Crippen molar-refractivity contribution in [3.8, 4) is 5.75 Å². The van der Waals surface area contributed by atoms with Gasteiger partial charge < -0.3 is 4.74 Å². The highest BCUT2D eigenvalue weighted by molar-refractivity contribution is 6.37. The number of imide groups is 1. The number of carbonyl (C=O) groups is 3. The van der Waals surface area contributed by atoms with Crippen LogP contribution in [-0.4, -0.2) is 29.0 Å². The minimum Gasteiger partial charge on any atom is -0.424 e. The predicted octanol–water partition coefficient (Wildman–Crippen LogP) is 3.06. The van der Waals surface area contributed by atoms with Gasteiger partial charge in [-0.15, -0.1) is 0 Å². The Kier molecular flexibility index (Phi) is 4.12. The van der Waals surface area contributed by atoms with Crippen LogP contribution in [0.15, 0.2) is 29.4 Å². The molecule has 1 heterocycles. The zero-order valence-corrected chi connectivity index (χ0v) is 15.2. The molecule has 1 saturated carbocycles. The number of rotatable bonds is 3. The summed E-state index contributed by atoms with van der Waals surface area (Å²) in [6.45, 7) is 1.24. The monoisotopic (exact) mass is 392 g/mol. The lowest BCUT2D eigenvalue weighted by Gasteiger charge is -2.13. The first-order valence-electron chi connectivity index (χ1n) is 8.14. The first kappa shape index (κ1) is 17.2. The van der Waals surface area contributed by atoms with Gasteiger partial charge in [0, 0.05) is 6.92 Å². The van der Waals surface area contributed by atoms with Crippen molar-refractivity contribution in [2.45, 2.75) is 13.3 Å². The number of allylic oxidation sites excluding steroid dienone is 2. The van der Waals surface area contributed by atoms with Gasteiger partial charge in [-0.25, -0.2) is 0 Å². The minimum absolute atomic E-state index is 0.0588. The van der Waals surface area contributed by atoms with Gasteiger partial charge >= 0.3 is 5.97 Å². The molecule has 1 saturated heterocycles. The summed E-state index contributed by atoms with van der Waals surface area (Å²) in [5.41, 5.74) is 0.481. The number of hydrogen-bond donors (Lipinski definition) is 0. The summed E-state index contributed by atoms with van der Waals surface area (Å²) in [7, 11) is 0. The molecule has 26 heavy (non-hydrogen) atoms. The second-order valence-electron chi connectivity index (χ2n) is 6.64. The van der Waals surface area contributed by atoms with E-state index < -0.39 is 5.97 Å². The molecule has 0 radical (unpaired) electrons. The first-order valence-corrected chi connectivity index (χ1v) is 8.90. The van der Waals surface area contributed by atoms with Crippen LogP contribution in [0.2, 0.25) is 10.0 Å². The highest BCUT2D eigenvalue weighted by Crippen LogP contribution is 2.52. The third kappa shape index (κ3) is 2.64. The molecule has 2 bridgehead atoms. The predicted molar refractivity (Wildman–Crippen MR) is 94.9 cm³/mol. The zero-order chi connectivity index (χ0) is 18.6. The van der Waals surface area contributed by atoms with Crippen molar-refractivity contribution in [2.24, 2.45) is 28.8 Å². The quantitative estimate of drug-likeness (QED) is 0.260. The van der Waals surface area contributed by atoms with Crippen molar-refractivity contribution in [2.75, 3.05) is 0 Å². The molecule has 0 spiro atoms. The van der Waals surface area contributed by atoms with Gasteiger partial charge in [0.25, 0.3) is 11.8 Å². The molecule has 1 aromatic carbocycles. The summed E-state index contributed by atoms with van der Waals surface area (Å²) in [4.78, 5) is 36.2. The molecule has 4 unspecified atom stereocenters. The van der Waals surface area contributed by atoms with Crippen LogP contribution in [0.5, 0.6) is 5.75 Å². The molecule has 2 fully saturated rings. The van der Waals surface area contributed by atoms with Crippen molar-refractivity contribution in [1.29, 1.82) is 0 Å². The van der Waals surface area contributed by atoms with E-state index in [0.29, 0.717) is 5.56 Å². The largest absolute Gasteiger partial charge is 0.424 e. The second-order valence-corrected chi connectivity index (χ2v) is 7.45. The van der Waals surface area contributed by atoms with Crippen molar-refractivity contribution < 1.29 is 19.1 Å². The molecular formula is C18H14Cl2N2O4. The van der Waals surface area contributed by atoms with Crippen LogP contribution in [-0.2, 0) is 14.4 Å². The molecule has 1 aliphatic heterocycles. The summed E-state index contributed by atoms with van der Waals surface area (Å²) in [6, 6.07) is 2.98. The number of halogens is 2. The van der Waals surface area contributed by atoms with Crippen LogP contribution in [0.1, 0.15) is 18.9 Å². The van der Waals surface area contributed by atoms with Crippen LogP contribution in [0.3, 0.4) is 0 Å². The summed E-state index contributed by atoms with van der Waals surface area (Å²) < 4.78 is 4.95. The van der Waals surface area contributed by atoms with Gasteiger partial charge in [0.15, 0.2) is 5.75 Å². The summed E-state index contributed by atoms with van der Waals surface area (Å²) in [6.07, 6.45) is 6.27. The molecule has 0 N–H and O–H groups in total.